The minimum Gasteiger partial charge on any atom is -0.469 e. The minimum atomic E-state index is -0.377. The van der Waals surface area contributed by atoms with E-state index in [1.807, 2.05) is 0 Å². The Kier molecular flexibility index (Phi) is 5.57. The molecule has 0 aliphatic heterocycles. The van der Waals surface area contributed by atoms with Crippen LogP contribution in [0.2, 0.25) is 0 Å². The van der Waals surface area contributed by atoms with Crippen LogP contribution in [0.4, 0.5) is 4.39 Å². The number of hydrogen-bond donors (Lipinski definition) is 1. The molecule has 0 saturated carbocycles. The third kappa shape index (κ3) is 5.25. The Morgan fingerprint density at radius 1 is 1.33 bits per heavy atom. The van der Waals surface area contributed by atoms with Crippen molar-refractivity contribution in [3.05, 3.63) is 41.7 Å². The Labute approximate surface area is 104 Å². The molecule has 0 atom stereocenters. The zero-order valence-electron chi connectivity index (χ0n) is 9.98. The first-order chi connectivity index (χ1) is 8.61. The zero-order valence-corrected chi connectivity index (χ0v) is 9.98. The molecule has 0 saturated heterocycles. The molecule has 1 N–H and O–H groups in total. The van der Waals surface area contributed by atoms with Gasteiger partial charge in [-0.2, -0.15) is 0 Å². The van der Waals surface area contributed by atoms with Gasteiger partial charge in [-0.15, -0.1) is 0 Å². The third-order valence-corrected chi connectivity index (χ3v) is 2.15. The van der Waals surface area contributed by atoms with Crippen molar-refractivity contribution in [3.8, 4) is 0 Å². The van der Waals surface area contributed by atoms with E-state index in [1.165, 1.54) is 25.3 Å². The summed E-state index contributed by atoms with van der Waals surface area (Å²) >= 11 is 0. The molecule has 0 aliphatic carbocycles. The van der Waals surface area contributed by atoms with Crippen molar-refractivity contribution in [2.45, 2.75) is 6.42 Å². The van der Waals surface area contributed by atoms with Gasteiger partial charge in [0.1, 0.15) is 5.82 Å². The summed E-state index contributed by atoms with van der Waals surface area (Å²) in [5.41, 5.74) is 0.722. The zero-order chi connectivity index (χ0) is 13.4. The average molecular weight is 251 g/mol. The number of rotatable bonds is 5. The average Bonchev–Trinajstić information content (AvgIpc) is 2.38. The van der Waals surface area contributed by atoms with Crippen molar-refractivity contribution in [1.29, 1.82) is 0 Å². The molecule has 1 rings (SSSR count). The summed E-state index contributed by atoms with van der Waals surface area (Å²) in [4.78, 5) is 22.1. The predicted molar refractivity (Wildman–Crippen MR) is 65.1 cm³/mol. The Balaban J connectivity index is 2.35. The summed E-state index contributed by atoms with van der Waals surface area (Å²) in [6.45, 7) is 0.221. The lowest BCUT2D eigenvalue weighted by Crippen LogP contribution is -2.24. The molecule has 0 aromatic heterocycles. The highest BCUT2D eigenvalue weighted by atomic mass is 19.1. The molecule has 0 heterocycles. The number of carbonyl (C=O) groups excluding carboxylic acids is 2. The van der Waals surface area contributed by atoms with Crippen LogP contribution >= 0.6 is 0 Å². The van der Waals surface area contributed by atoms with E-state index in [0.717, 1.165) is 5.56 Å². The van der Waals surface area contributed by atoms with Crippen molar-refractivity contribution >= 4 is 18.0 Å². The van der Waals surface area contributed by atoms with E-state index in [2.05, 4.69) is 10.1 Å². The van der Waals surface area contributed by atoms with E-state index in [0.29, 0.717) is 0 Å². The van der Waals surface area contributed by atoms with Gasteiger partial charge in [0.15, 0.2) is 0 Å². The molecule has 0 aliphatic rings. The Hall–Kier alpha value is -2.17. The number of ether oxygens (including phenoxy) is 1. The Bertz CT molecular complexity index is 440. The van der Waals surface area contributed by atoms with Crippen LogP contribution in [0.1, 0.15) is 12.0 Å². The van der Waals surface area contributed by atoms with E-state index in [4.69, 9.17) is 0 Å². The van der Waals surface area contributed by atoms with Gasteiger partial charge in [-0.25, -0.2) is 4.39 Å². The van der Waals surface area contributed by atoms with E-state index >= 15 is 0 Å². The molecule has 1 aromatic carbocycles. The van der Waals surface area contributed by atoms with Gasteiger partial charge < -0.3 is 10.1 Å². The second kappa shape index (κ2) is 7.21. The fourth-order valence-corrected chi connectivity index (χ4v) is 1.19. The first kappa shape index (κ1) is 13.9. The van der Waals surface area contributed by atoms with Crippen LogP contribution in [0, 0.1) is 5.82 Å². The quantitative estimate of drug-likeness (QED) is 0.637. The number of halogens is 1. The molecule has 0 spiro atoms. The highest BCUT2D eigenvalue weighted by Crippen LogP contribution is 2.04. The molecule has 4 nitrogen and oxygen atoms in total. The second-order valence-corrected chi connectivity index (χ2v) is 3.50. The number of nitrogens with one attached hydrogen (secondary N) is 1. The molecule has 0 unspecified atom stereocenters. The molecular formula is C13H14FNO3. The van der Waals surface area contributed by atoms with Crippen LogP contribution < -0.4 is 5.32 Å². The number of hydrogen-bond acceptors (Lipinski definition) is 3. The molecule has 0 bridgehead atoms. The maximum Gasteiger partial charge on any atom is 0.307 e. The number of carbonyl (C=O) groups is 2. The topological polar surface area (TPSA) is 55.4 Å². The molecular weight excluding hydrogens is 237 g/mol. The number of methoxy groups -OCH3 is 1. The first-order valence-electron chi connectivity index (χ1n) is 5.40. The SMILES string of the molecule is COC(=O)CCNC(=O)/C=C/c1ccc(F)cc1. The number of amides is 1. The van der Waals surface area contributed by atoms with Crippen LogP contribution in [0.25, 0.3) is 6.08 Å². The highest BCUT2D eigenvalue weighted by molar-refractivity contribution is 5.91. The summed E-state index contributed by atoms with van der Waals surface area (Å²) in [5, 5.41) is 2.53. The molecule has 0 radical (unpaired) electrons. The Morgan fingerprint density at radius 3 is 2.61 bits per heavy atom. The standard InChI is InChI=1S/C13H14FNO3/c1-18-13(17)8-9-15-12(16)7-4-10-2-5-11(14)6-3-10/h2-7H,8-9H2,1H3,(H,15,16)/b7-4+. The lowest BCUT2D eigenvalue weighted by Gasteiger charge is -2.00. The van der Waals surface area contributed by atoms with E-state index in [9.17, 15) is 14.0 Å². The van der Waals surface area contributed by atoms with Gasteiger partial charge in [0.05, 0.1) is 13.5 Å². The normalized spacial score (nSPS) is 10.3. The van der Waals surface area contributed by atoms with Gasteiger partial charge >= 0.3 is 5.97 Å². The van der Waals surface area contributed by atoms with Crippen LogP contribution in [-0.4, -0.2) is 25.5 Å². The van der Waals surface area contributed by atoms with Gasteiger partial charge in [-0.05, 0) is 23.8 Å². The number of benzene rings is 1. The fourth-order valence-electron chi connectivity index (χ4n) is 1.19. The fraction of sp³-hybridized carbons (Fsp3) is 0.231. The molecule has 5 heteroatoms. The van der Waals surface area contributed by atoms with Crippen molar-refractivity contribution in [2.24, 2.45) is 0 Å². The summed E-state index contributed by atoms with van der Waals surface area (Å²) < 4.78 is 17.0. The van der Waals surface area contributed by atoms with Crippen molar-refractivity contribution in [3.63, 3.8) is 0 Å². The maximum absolute atomic E-state index is 12.6. The molecule has 96 valence electrons. The Morgan fingerprint density at radius 2 is 2.00 bits per heavy atom. The molecule has 0 fully saturated rings. The largest absolute Gasteiger partial charge is 0.469 e. The lowest BCUT2D eigenvalue weighted by atomic mass is 10.2. The van der Waals surface area contributed by atoms with Crippen molar-refractivity contribution < 1.29 is 18.7 Å². The van der Waals surface area contributed by atoms with Gasteiger partial charge in [-0.3, -0.25) is 9.59 Å². The van der Waals surface area contributed by atoms with Gasteiger partial charge in [-0.1, -0.05) is 12.1 Å². The number of esters is 1. The summed E-state index contributed by atoms with van der Waals surface area (Å²) in [7, 11) is 1.29. The van der Waals surface area contributed by atoms with Crippen LogP contribution in [0.15, 0.2) is 30.3 Å². The van der Waals surface area contributed by atoms with Crippen LogP contribution in [-0.2, 0) is 14.3 Å². The molecule has 1 amide bonds. The van der Waals surface area contributed by atoms with E-state index in [-0.39, 0.29) is 30.7 Å². The predicted octanol–water partition coefficient (Wildman–Crippen LogP) is 1.52. The molecule has 1 aromatic rings. The highest BCUT2D eigenvalue weighted by Gasteiger charge is 2.00. The van der Waals surface area contributed by atoms with Crippen molar-refractivity contribution in [1.82, 2.24) is 5.32 Å². The van der Waals surface area contributed by atoms with E-state index < -0.39 is 0 Å². The lowest BCUT2D eigenvalue weighted by molar-refractivity contribution is -0.140. The van der Waals surface area contributed by atoms with Gasteiger partial charge in [0, 0.05) is 12.6 Å². The summed E-state index contributed by atoms with van der Waals surface area (Å²) in [6.07, 6.45) is 3.02. The van der Waals surface area contributed by atoms with Crippen LogP contribution in [0.3, 0.4) is 0 Å². The van der Waals surface area contributed by atoms with Crippen molar-refractivity contribution in [2.75, 3.05) is 13.7 Å². The minimum absolute atomic E-state index is 0.132. The van der Waals surface area contributed by atoms with Gasteiger partial charge in [0.25, 0.3) is 0 Å². The third-order valence-electron chi connectivity index (χ3n) is 2.15. The van der Waals surface area contributed by atoms with Crippen LogP contribution in [0.5, 0.6) is 0 Å². The maximum atomic E-state index is 12.6. The summed E-state index contributed by atoms with van der Waals surface area (Å²) in [5.74, 6) is -1.02. The van der Waals surface area contributed by atoms with Gasteiger partial charge in [0.2, 0.25) is 5.91 Å². The monoisotopic (exact) mass is 251 g/mol. The van der Waals surface area contributed by atoms with E-state index in [1.54, 1.807) is 18.2 Å². The summed E-state index contributed by atoms with van der Waals surface area (Å²) in [6, 6.07) is 5.75. The smallest absolute Gasteiger partial charge is 0.307 e. The second-order valence-electron chi connectivity index (χ2n) is 3.50. The first-order valence-corrected chi connectivity index (χ1v) is 5.40. The molecule has 18 heavy (non-hydrogen) atoms.